The predicted molar refractivity (Wildman–Crippen MR) is 118 cm³/mol. The van der Waals surface area contributed by atoms with E-state index in [0.717, 1.165) is 23.3 Å². The van der Waals surface area contributed by atoms with Crippen molar-refractivity contribution in [2.24, 2.45) is 35.6 Å². The van der Waals surface area contributed by atoms with Gasteiger partial charge in [0.1, 0.15) is 0 Å². The van der Waals surface area contributed by atoms with E-state index in [1.54, 1.807) is 0 Å². The van der Waals surface area contributed by atoms with E-state index in [0.29, 0.717) is 18.4 Å². The van der Waals surface area contributed by atoms with Crippen molar-refractivity contribution in [3.63, 3.8) is 0 Å². The Kier molecular flexibility index (Phi) is 3.76. The van der Waals surface area contributed by atoms with Gasteiger partial charge in [0.05, 0.1) is 21.5 Å². The van der Waals surface area contributed by atoms with Crippen molar-refractivity contribution in [1.82, 2.24) is 9.13 Å². The zero-order chi connectivity index (χ0) is 21.7. The Morgan fingerprint density at radius 2 is 1.40 bits per heavy atom. The Labute approximate surface area is 173 Å². The van der Waals surface area contributed by atoms with Gasteiger partial charge in [-0.2, -0.15) is 0 Å². The molecule has 1 aromatic carbocycles. The molecule has 158 valence electrons. The van der Waals surface area contributed by atoms with E-state index in [-0.39, 0.29) is 43.5 Å². The average molecular weight is 408 g/mol. The molecule has 0 radical (unpaired) electrons. The fraction of sp³-hybridized carbons (Fsp3) is 0.583. The molecule has 3 aromatic rings. The number of hydrogen-bond acceptors (Lipinski definition) is 4. The SMILES string of the molecule is CC1CC2C1CC(C)(Cn1c(=O)c3cc4c(=O)n(C)c(=O)c4cc3c1=O)CC2(C)C. The van der Waals surface area contributed by atoms with Gasteiger partial charge in [0, 0.05) is 13.6 Å². The zero-order valence-electron chi connectivity index (χ0n) is 18.2. The highest BCUT2D eigenvalue weighted by molar-refractivity contribution is 5.97. The molecule has 6 heteroatoms. The van der Waals surface area contributed by atoms with Crippen LogP contribution in [0.15, 0.2) is 31.3 Å². The lowest BCUT2D eigenvalue weighted by molar-refractivity contribution is -0.110. The van der Waals surface area contributed by atoms with Gasteiger partial charge in [-0.05, 0) is 60.0 Å². The van der Waals surface area contributed by atoms with Crippen molar-refractivity contribution in [2.75, 3.05) is 0 Å². The van der Waals surface area contributed by atoms with Gasteiger partial charge in [0.15, 0.2) is 0 Å². The molecule has 4 atom stereocenters. The van der Waals surface area contributed by atoms with Crippen molar-refractivity contribution < 1.29 is 0 Å². The molecule has 4 unspecified atom stereocenters. The summed E-state index contributed by atoms with van der Waals surface area (Å²) in [6.07, 6.45) is 3.26. The summed E-state index contributed by atoms with van der Waals surface area (Å²) >= 11 is 0. The van der Waals surface area contributed by atoms with Crippen molar-refractivity contribution in [1.29, 1.82) is 0 Å². The minimum atomic E-state index is -0.428. The number of benzene rings is 1. The maximum atomic E-state index is 13.2. The quantitative estimate of drug-likeness (QED) is 0.653. The molecule has 2 heterocycles. The Morgan fingerprint density at radius 1 is 0.900 bits per heavy atom. The molecule has 0 amide bonds. The van der Waals surface area contributed by atoms with E-state index in [1.165, 1.54) is 30.2 Å². The predicted octanol–water partition coefficient (Wildman–Crippen LogP) is 2.55. The molecule has 2 aromatic heterocycles. The summed E-state index contributed by atoms with van der Waals surface area (Å²) in [4.78, 5) is 51.0. The van der Waals surface area contributed by atoms with E-state index in [1.807, 2.05) is 0 Å². The molecule has 2 aliphatic rings. The summed E-state index contributed by atoms with van der Waals surface area (Å²) in [6.45, 7) is 9.51. The van der Waals surface area contributed by atoms with Crippen LogP contribution in [0.4, 0.5) is 0 Å². The van der Waals surface area contributed by atoms with E-state index < -0.39 is 11.1 Å². The lowest BCUT2D eigenvalue weighted by Gasteiger charge is -2.60. The summed E-state index contributed by atoms with van der Waals surface area (Å²) in [6, 6.07) is 2.87. The monoisotopic (exact) mass is 408 g/mol. The topological polar surface area (TPSA) is 78.1 Å². The molecule has 0 bridgehead atoms. The van der Waals surface area contributed by atoms with Gasteiger partial charge in [-0.3, -0.25) is 28.3 Å². The molecule has 5 rings (SSSR count). The lowest BCUT2D eigenvalue weighted by atomic mass is 9.45. The molecular weight excluding hydrogens is 380 g/mol. The van der Waals surface area contributed by atoms with Crippen LogP contribution in [-0.4, -0.2) is 9.13 Å². The Morgan fingerprint density at radius 3 is 1.90 bits per heavy atom. The summed E-state index contributed by atoms with van der Waals surface area (Å²) in [7, 11) is 1.41. The first kappa shape index (κ1) is 19.5. The van der Waals surface area contributed by atoms with Gasteiger partial charge in [-0.1, -0.05) is 27.7 Å². The largest absolute Gasteiger partial charge is 0.277 e. The van der Waals surface area contributed by atoms with E-state index in [2.05, 4.69) is 27.7 Å². The number of fused-ring (bicyclic) bond motifs is 3. The van der Waals surface area contributed by atoms with Crippen LogP contribution in [0.25, 0.3) is 21.5 Å². The minimum absolute atomic E-state index is 0.138. The van der Waals surface area contributed by atoms with Crippen LogP contribution in [0.2, 0.25) is 0 Å². The van der Waals surface area contributed by atoms with Crippen molar-refractivity contribution in [3.8, 4) is 0 Å². The fourth-order valence-electron chi connectivity index (χ4n) is 6.85. The highest BCUT2D eigenvalue weighted by atomic mass is 16.2. The van der Waals surface area contributed by atoms with Gasteiger partial charge in [0.2, 0.25) is 0 Å². The lowest BCUT2D eigenvalue weighted by Crippen LogP contribution is -2.53. The van der Waals surface area contributed by atoms with Gasteiger partial charge in [-0.25, -0.2) is 0 Å². The van der Waals surface area contributed by atoms with Crippen LogP contribution in [0.5, 0.6) is 0 Å². The second-order valence-electron chi connectivity index (χ2n) is 11.0. The van der Waals surface area contributed by atoms with Crippen LogP contribution >= 0.6 is 0 Å². The number of aromatic nitrogens is 2. The van der Waals surface area contributed by atoms with Crippen LogP contribution in [0.1, 0.15) is 47.0 Å². The van der Waals surface area contributed by atoms with Crippen LogP contribution < -0.4 is 22.2 Å². The van der Waals surface area contributed by atoms with Gasteiger partial charge < -0.3 is 0 Å². The molecule has 2 fully saturated rings. The van der Waals surface area contributed by atoms with Crippen molar-refractivity contribution in [2.45, 2.75) is 53.5 Å². The Hall–Kier alpha value is -2.50. The van der Waals surface area contributed by atoms with E-state index >= 15 is 0 Å². The molecule has 2 saturated carbocycles. The first-order chi connectivity index (χ1) is 13.9. The molecule has 0 spiro atoms. The highest BCUT2D eigenvalue weighted by Crippen LogP contribution is 2.62. The Balaban J connectivity index is 1.63. The molecule has 30 heavy (non-hydrogen) atoms. The molecule has 0 N–H and O–H groups in total. The maximum absolute atomic E-state index is 13.2. The third-order valence-corrected chi connectivity index (χ3v) is 8.21. The Bertz CT molecular complexity index is 1340. The standard InChI is InChI=1S/C24H28N2O4/c1-12-6-18-17(12)9-24(4,10-23(18,2)3)11-26-21(29)15-7-13-14(8-16(15)22(26)30)20(28)25(5)19(13)27/h7-8,12,17-18H,6,9-11H2,1-5H3. The number of nitrogens with zero attached hydrogens (tertiary/aromatic N) is 2. The van der Waals surface area contributed by atoms with Crippen LogP contribution in [0.3, 0.4) is 0 Å². The molecule has 6 nitrogen and oxygen atoms in total. The second-order valence-corrected chi connectivity index (χ2v) is 11.0. The van der Waals surface area contributed by atoms with Crippen LogP contribution in [-0.2, 0) is 13.6 Å². The smallest absolute Gasteiger partial charge is 0.261 e. The zero-order valence-corrected chi connectivity index (χ0v) is 18.2. The molecule has 2 aliphatic carbocycles. The molecule has 0 saturated heterocycles. The summed E-state index contributed by atoms with van der Waals surface area (Å²) in [5.74, 6) is 2.05. The normalized spacial score (nSPS) is 30.5. The first-order valence-corrected chi connectivity index (χ1v) is 10.8. The first-order valence-electron chi connectivity index (χ1n) is 10.8. The third kappa shape index (κ3) is 2.42. The van der Waals surface area contributed by atoms with E-state index in [9.17, 15) is 19.2 Å². The van der Waals surface area contributed by atoms with Gasteiger partial charge in [0.25, 0.3) is 22.2 Å². The van der Waals surface area contributed by atoms with E-state index in [4.69, 9.17) is 0 Å². The highest BCUT2D eigenvalue weighted by Gasteiger charge is 2.54. The van der Waals surface area contributed by atoms with Crippen molar-refractivity contribution >= 4 is 21.5 Å². The van der Waals surface area contributed by atoms with Gasteiger partial charge >= 0.3 is 0 Å². The minimum Gasteiger partial charge on any atom is -0.277 e. The van der Waals surface area contributed by atoms with Gasteiger partial charge in [-0.15, -0.1) is 0 Å². The second kappa shape index (κ2) is 5.80. The fourth-order valence-corrected chi connectivity index (χ4v) is 6.85. The number of rotatable bonds is 2. The summed E-state index contributed by atoms with van der Waals surface area (Å²) in [5.41, 5.74) is -1.51. The third-order valence-electron chi connectivity index (χ3n) is 8.21. The number of hydrogen-bond donors (Lipinski definition) is 0. The molecule has 0 aliphatic heterocycles. The summed E-state index contributed by atoms with van der Waals surface area (Å²) < 4.78 is 2.37. The van der Waals surface area contributed by atoms with Crippen molar-refractivity contribution in [3.05, 3.63) is 53.5 Å². The van der Waals surface area contributed by atoms with Crippen LogP contribution in [0, 0.1) is 28.6 Å². The molecular formula is C24H28N2O4. The maximum Gasteiger partial charge on any atom is 0.261 e. The average Bonchev–Trinajstić information content (AvgIpc) is 3.02. The summed E-state index contributed by atoms with van der Waals surface area (Å²) in [5, 5.41) is 0.897.